The fourth-order valence-electron chi connectivity index (χ4n) is 2.89. The molecular formula is C15H22ClN. The molecule has 94 valence electrons. The van der Waals surface area contributed by atoms with Crippen molar-refractivity contribution in [2.24, 2.45) is 5.92 Å². The Morgan fingerprint density at radius 3 is 2.76 bits per heavy atom. The average molecular weight is 252 g/mol. The van der Waals surface area contributed by atoms with Crippen molar-refractivity contribution in [1.82, 2.24) is 0 Å². The summed E-state index contributed by atoms with van der Waals surface area (Å²) in [6, 6.07) is 6.71. The fraction of sp³-hybridized carbons (Fsp3) is 0.600. The van der Waals surface area contributed by atoms with Gasteiger partial charge in [-0.2, -0.15) is 0 Å². The molecule has 0 aliphatic heterocycles. The molecule has 1 nitrogen and oxygen atoms in total. The highest BCUT2D eigenvalue weighted by Gasteiger charge is 2.24. The molecule has 0 heterocycles. The van der Waals surface area contributed by atoms with Gasteiger partial charge in [0, 0.05) is 6.04 Å². The Morgan fingerprint density at radius 1 is 1.29 bits per heavy atom. The summed E-state index contributed by atoms with van der Waals surface area (Å²) >= 11 is 6.28. The van der Waals surface area contributed by atoms with Gasteiger partial charge in [-0.15, -0.1) is 0 Å². The van der Waals surface area contributed by atoms with Crippen LogP contribution in [0.1, 0.15) is 44.6 Å². The summed E-state index contributed by atoms with van der Waals surface area (Å²) in [6.45, 7) is 4.42. The van der Waals surface area contributed by atoms with E-state index in [1.807, 2.05) is 12.1 Å². The van der Waals surface area contributed by atoms with E-state index in [1.54, 1.807) is 0 Å². The van der Waals surface area contributed by atoms with Crippen LogP contribution in [0.15, 0.2) is 18.2 Å². The van der Waals surface area contributed by atoms with Crippen LogP contribution in [0.2, 0.25) is 5.02 Å². The van der Waals surface area contributed by atoms with E-state index in [-0.39, 0.29) is 0 Å². The zero-order chi connectivity index (χ0) is 12.3. The Labute approximate surface area is 110 Å². The molecule has 1 fully saturated rings. The third-order valence-electron chi connectivity index (χ3n) is 3.99. The number of halogens is 1. The van der Waals surface area contributed by atoms with Gasteiger partial charge >= 0.3 is 0 Å². The molecule has 0 radical (unpaired) electrons. The third-order valence-corrected chi connectivity index (χ3v) is 4.30. The van der Waals surface area contributed by atoms with Crippen LogP contribution in [0.25, 0.3) is 0 Å². The van der Waals surface area contributed by atoms with E-state index in [0.29, 0.717) is 6.04 Å². The van der Waals surface area contributed by atoms with E-state index in [4.69, 9.17) is 11.6 Å². The Bertz CT molecular complexity index is 355. The van der Waals surface area contributed by atoms with Gasteiger partial charge in [-0.1, -0.05) is 49.9 Å². The lowest BCUT2D eigenvalue weighted by Gasteiger charge is -2.33. The average Bonchev–Trinajstić information content (AvgIpc) is 2.34. The molecule has 17 heavy (non-hydrogen) atoms. The van der Waals surface area contributed by atoms with Gasteiger partial charge in [0.15, 0.2) is 0 Å². The number of para-hydroxylation sites is 1. The van der Waals surface area contributed by atoms with E-state index in [2.05, 4.69) is 25.2 Å². The number of hydrogen-bond donors (Lipinski definition) is 1. The van der Waals surface area contributed by atoms with Crippen LogP contribution in [0, 0.1) is 12.8 Å². The van der Waals surface area contributed by atoms with Crippen LogP contribution in [0.4, 0.5) is 5.69 Å². The molecule has 1 aliphatic carbocycles. The highest BCUT2D eigenvalue weighted by molar-refractivity contribution is 6.33. The summed E-state index contributed by atoms with van der Waals surface area (Å²) < 4.78 is 0. The summed E-state index contributed by atoms with van der Waals surface area (Å²) in [5.74, 6) is 0.805. The molecule has 0 amide bonds. The lowest BCUT2D eigenvalue weighted by atomic mass is 9.82. The molecule has 0 saturated heterocycles. The first-order chi connectivity index (χ1) is 8.22. The van der Waals surface area contributed by atoms with Gasteiger partial charge in [-0.25, -0.2) is 0 Å². The summed E-state index contributed by atoms with van der Waals surface area (Å²) in [7, 11) is 0. The summed E-state index contributed by atoms with van der Waals surface area (Å²) in [5.41, 5.74) is 2.39. The van der Waals surface area contributed by atoms with E-state index in [1.165, 1.54) is 37.7 Å². The van der Waals surface area contributed by atoms with Crippen LogP contribution in [0.5, 0.6) is 0 Å². The largest absolute Gasteiger partial charge is 0.381 e. The van der Waals surface area contributed by atoms with E-state index in [0.717, 1.165) is 16.6 Å². The molecule has 2 rings (SSSR count). The van der Waals surface area contributed by atoms with E-state index >= 15 is 0 Å². The van der Waals surface area contributed by atoms with Crippen molar-refractivity contribution in [3.05, 3.63) is 28.8 Å². The Morgan fingerprint density at radius 2 is 2.06 bits per heavy atom. The minimum absolute atomic E-state index is 0.604. The molecule has 0 bridgehead atoms. The smallest absolute Gasteiger partial charge is 0.0640 e. The second kappa shape index (κ2) is 5.77. The highest BCUT2D eigenvalue weighted by Crippen LogP contribution is 2.33. The van der Waals surface area contributed by atoms with Crippen molar-refractivity contribution >= 4 is 17.3 Å². The maximum atomic E-state index is 6.28. The van der Waals surface area contributed by atoms with Crippen LogP contribution < -0.4 is 5.32 Å². The van der Waals surface area contributed by atoms with Crippen LogP contribution in [-0.2, 0) is 0 Å². The van der Waals surface area contributed by atoms with Crippen molar-refractivity contribution in [3.8, 4) is 0 Å². The number of rotatable bonds is 3. The second-order valence-electron chi connectivity index (χ2n) is 5.14. The number of nitrogens with one attached hydrogen (secondary N) is 1. The molecule has 2 heteroatoms. The lowest BCUT2D eigenvalue weighted by molar-refractivity contribution is 0.317. The normalized spacial score (nSPS) is 24.6. The molecule has 0 spiro atoms. The number of anilines is 1. The monoisotopic (exact) mass is 251 g/mol. The predicted molar refractivity (Wildman–Crippen MR) is 75.8 cm³/mol. The fourth-order valence-corrected chi connectivity index (χ4v) is 3.16. The molecule has 1 aromatic carbocycles. The van der Waals surface area contributed by atoms with Crippen molar-refractivity contribution in [2.75, 3.05) is 5.32 Å². The van der Waals surface area contributed by atoms with Crippen molar-refractivity contribution < 1.29 is 0 Å². The van der Waals surface area contributed by atoms with Gasteiger partial charge in [-0.3, -0.25) is 0 Å². The van der Waals surface area contributed by atoms with Crippen molar-refractivity contribution in [1.29, 1.82) is 0 Å². The summed E-state index contributed by atoms with van der Waals surface area (Å²) in [6.07, 6.45) is 6.64. The molecule has 2 atom stereocenters. The third kappa shape index (κ3) is 2.95. The lowest BCUT2D eigenvalue weighted by Crippen LogP contribution is -2.32. The van der Waals surface area contributed by atoms with E-state index < -0.39 is 0 Å². The van der Waals surface area contributed by atoms with Crippen molar-refractivity contribution in [2.45, 2.75) is 52.0 Å². The number of hydrogen-bond acceptors (Lipinski definition) is 1. The van der Waals surface area contributed by atoms with Crippen molar-refractivity contribution in [3.63, 3.8) is 0 Å². The summed E-state index contributed by atoms with van der Waals surface area (Å²) in [5, 5.41) is 4.54. The second-order valence-corrected chi connectivity index (χ2v) is 5.54. The molecular weight excluding hydrogens is 230 g/mol. The first-order valence-corrected chi connectivity index (χ1v) is 7.11. The Kier molecular flexibility index (Phi) is 4.33. The van der Waals surface area contributed by atoms with Gasteiger partial charge < -0.3 is 5.32 Å². The number of aryl methyl sites for hydroxylation is 1. The molecule has 1 N–H and O–H groups in total. The Balaban J connectivity index is 2.13. The van der Waals surface area contributed by atoms with Gasteiger partial charge in [0.1, 0.15) is 0 Å². The SMILES string of the molecule is CCC1CCCCC1Nc1c(C)cccc1Cl. The molecule has 2 unspecified atom stereocenters. The Hall–Kier alpha value is -0.690. The predicted octanol–water partition coefficient (Wildman–Crippen LogP) is 5.03. The molecule has 0 aromatic heterocycles. The zero-order valence-electron chi connectivity index (χ0n) is 10.8. The quantitative estimate of drug-likeness (QED) is 0.795. The summed E-state index contributed by atoms with van der Waals surface area (Å²) in [4.78, 5) is 0. The number of benzene rings is 1. The highest BCUT2D eigenvalue weighted by atomic mass is 35.5. The van der Waals surface area contributed by atoms with Gasteiger partial charge in [0.25, 0.3) is 0 Å². The standard InChI is InChI=1S/C15H22ClN/c1-3-12-8-4-5-10-14(12)17-15-11(2)7-6-9-13(15)16/h6-7,9,12,14,17H,3-5,8,10H2,1-2H3. The van der Waals surface area contributed by atoms with Crippen LogP contribution >= 0.6 is 11.6 Å². The first kappa shape index (κ1) is 12.8. The first-order valence-electron chi connectivity index (χ1n) is 6.74. The van der Waals surface area contributed by atoms with Gasteiger partial charge in [-0.05, 0) is 37.3 Å². The molecule has 1 saturated carbocycles. The maximum Gasteiger partial charge on any atom is 0.0640 e. The van der Waals surface area contributed by atoms with Crippen LogP contribution in [-0.4, -0.2) is 6.04 Å². The minimum atomic E-state index is 0.604. The van der Waals surface area contributed by atoms with E-state index in [9.17, 15) is 0 Å². The molecule has 1 aromatic rings. The topological polar surface area (TPSA) is 12.0 Å². The van der Waals surface area contributed by atoms with Gasteiger partial charge in [0.05, 0.1) is 10.7 Å². The zero-order valence-corrected chi connectivity index (χ0v) is 11.6. The molecule has 1 aliphatic rings. The maximum absolute atomic E-state index is 6.28. The minimum Gasteiger partial charge on any atom is -0.381 e. The van der Waals surface area contributed by atoms with Crippen LogP contribution in [0.3, 0.4) is 0 Å². The van der Waals surface area contributed by atoms with Gasteiger partial charge in [0.2, 0.25) is 0 Å².